The zero-order chi connectivity index (χ0) is 19.1. The van der Waals surface area contributed by atoms with E-state index in [-0.39, 0.29) is 24.2 Å². The number of aliphatic carboxylic acids is 1. The van der Waals surface area contributed by atoms with Gasteiger partial charge in [0.2, 0.25) is 11.0 Å². The van der Waals surface area contributed by atoms with Gasteiger partial charge in [0.25, 0.3) is 0 Å². The molecule has 2 aromatic rings. The summed E-state index contributed by atoms with van der Waals surface area (Å²) >= 11 is 2.39. The summed E-state index contributed by atoms with van der Waals surface area (Å²) in [6, 6.07) is 6.40. The molecule has 0 saturated heterocycles. The number of carbonyl (C=O) groups excluding carboxylic acids is 1. The molecule has 0 fully saturated rings. The van der Waals surface area contributed by atoms with E-state index < -0.39 is 12.0 Å². The fourth-order valence-electron chi connectivity index (χ4n) is 2.12. The van der Waals surface area contributed by atoms with E-state index in [1.165, 1.54) is 23.1 Å². The van der Waals surface area contributed by atoms with E-state index in [4.69, 9.17) is 15.6 Å². The van der Waals surface area contributed by atoms with E-state index in [0.29, 0.717) is 20.8 Å². The number of benzene rings is 1. The topological polar surface area (TPSA) is 127 Å². The van der Waals surface area contributed by atoms with Crippen molar-refractivity contribution in [2.75, 3.05) is 11.5 Å². The van der Waals surface area contributed by atoms with Crippen molar-refractivity contribution < 1.29 is 19.4 Å². The second-order valence-electron chi connectivity index (χ2n) is 5.65. The minimum absolute atomic E-state index is 0.0433. The Bertz CT molecular complexity index is 749. The van der Waals surface area contributed by atoms with E-state index in [1.54, 1.807) is 24.3 Å². The maximum absolute atomic E-state index is 12.2. The third-order valence-corrected chi connectivity index (χ3v) is 5.00. The first-order chi connectivity index (χ1) is 12.3. The van der Waals surface area contributed by atoms with Gasteiger partial charge < -0.3 is 20.9 Å². The molecule has 0 radical (unpaired) electrons. The van der Waals surface area contributed by atoms with Crippen molar-refractivity contribution in [1.29, 1.82) is 0 Å². The Labute approximate surface area is 159 Å². The molecule has 4 N–H and O–H groups in total. The molecule has 10 heteroatoms. The first-order valence-electron chi connectivity index (χ1n) is 7.83. The Hall–Kier alpha value is -2.33. The molecule has 8 nitrogen and oxygen atoms in total. The highest BCUT2D eigenvalue weighted by molar-refractivity contribution is 8.01. The Morgan fingerprint density at radius 1 is 1.31 bits per heavy atom. The molecule has 140 valence electrons. The second-order valence-corrected chi connectivity index (χ2v) is 7.88. The lowest BCUT2D eigenvalue weighted by atomic mass is 10.0. The van der Waals surface area contributed by atoms with Gasteiger partial charge >= 0.3 is 5.97 Å². The van der Waals surface area contributed by atoms with Crippen LogP contribution in [0.2, 0.25) is 0 Å². The van der Waals surface area contributed by atoms with E-state index in [2.05, 4.69) is 15.5 Å². The number of rotatable bonds is 9. The minimum atomic E-state index is -0.998. The number of amides is 1. The molecule has 1 aromatic carbocycles. The predicted molar refractivity (Wildman–Crippen MR) is 100 cm³/mol. The summed E-state index contributed by atoms with van der Waals surface area (Å²) in [6.45, 7) is 3.84. The van der Waals surface area contributed by atoms with Gasteiger partial charge in [-0.25, -0.2) is 0 Å². The molecule has 1 heterocycles. The van der Waals surface area contributed by atoms with Crippen LogP contribution in [-0.2, 0) is 9.59 Å². The zero-order valence-corrected chi connectivity index (χ0v) is 16.0. The molecule has 0 aliphatic rings. The van der Waals surface area contributed by atoms with Crippen molar-refractivity contribution in [2.45, 2.75) is 36.8 Å². The fourth-order valence-corrected chi connectivity index (χ4v) is 3.57. The van der Waals surface area contributed by atoms with Crippen LogP contribution in [0.15, 0.2) is 28.6 Å². The quantitative estimate of drug-likeness (QED) is 0.551. The van der Waals surface area contributed by atoms with Crippen molar-refractivity contribution >= 4 is 40.1 Å². The van der Waals surface area contributed by atoms with E-state index >= 15 is 0 Å². The average molecular weight is 396 g/mol. The minimum Gasteiger partial charge on any atom is -0.491 e. The predicted octanol–water partition coefficient (Wildman–Crippen LogP) is 2.33. The number of hydrogen-bond donors (Lipinski definition) is 3. The monoisotopic (exact) mass is 396 g/mol. The number of hydrogen-bond acceptors (Lipinski definition) is 8. The summed E-state index contributed by atoms with van der Waals surface area (Å²) in [5, 5.41) is 19.7. The van der Waals surface area contributed by atoms with Crippen LogP contribution in [0.25, 0.3) is 0 Å². The average Bonchev–Trinajstić information content (AvgIpc) is 2.97. The molecular weight excluding hydrogens is 376 g/mol. The van der Waals surface area contributed by atoms with Crippen molar-refractivity contribution in [3.63, 3.8) is 0 Å². The fraction of sp³-hybridized carbons (Fsp3) is 0.375. The van der Waals surface area contributed by atoms with Gasteiger partial charge in [-0.1, -0.05) is 35.2 Å². The number of aromatic nitrogens is 2. The Morgan fingerprint density at radius 3 is 2.54 bits per heavy atom. The molecule has 1 atom stereocenters. The highest BCUT2D eigenvalue weighted by Gasteiger charge is 2.19. The van der Waals surface area contributed by atoms with Crippen LogP contribution in [0.3, 0.4) is 0 Å². The number of nitrogen functional groups attached to an aromatic ring is 1. The van der Waals surface area contributed by atoms with E-state index in [9.17, 15) is 9.59 Å². The van der Waals surface area contributed by atoms with Crippen LogP contribution >= 0.6 is 23.1 Å². The number of nitrogens with zero attached hydrogens (tertiary/aromatic N) is 2. The van der Waals surface area contributed by atoms with Gasteiger partial charge in [-0.15, -0.1) is 10.2 Å². The molecule has 0 spiro atoms. The highest BCUT2D eigenvalue weighted by atomic mass is 32.2. The van der Waals surface area contributed by atoms with Gasteiger partial charge in [-0.3, -0.25) is 9.59 Å². The SMILES string of the molecule is CC(C)Oc1ccc([C@H](CC(=O)O)NC(=O)CSc2nnc(N)s2)cc1. The number of carboxylic acids is 1. The lowest BCUT2D eigenvalue weighted by Gasteiger charge is -2.18. The lowest BCUT2D eigenvalue weighted by molar-refractivity contribution is -0.137. The third kappa shape index (κ3) is 6.52. The van der Waals surface area contributed by atoms with Crippen LogP contribution in [0.1, 0.15) is 31.9 Å². The number of anilines is 1. The largest absolute Gasteiger partial charge is 0.491 e. The summed E-state index contributed by atoms with van der Waals surface area (Å²) < 4.78 is 6.16. The molecule has 0 aliphatic carbocycles. The first-order valence-corrected chi connectivity index (χ1v) is 9.63. The Balaban J connectivity index is 1.99. The van der Waals surface area contributed by atoms with Gasteiger partial charge in [0.1, 0.15) is 5.75 Å². The van der Waals surface area contributed by atoms with Crippen LogP contribution in [-0.4, -0.2) is 39.0 Å². The number of thioether (sulfide) groups is 1. The maximum Gasteiger partial charge on any atom is 0.305 e. The van der Waals surface area contributed by atoms with Crippen molar-refractivity contribution in [1.82, 2.24) is 15.5 Å². The Morgan fingerprint density at radius 2 is 2.00 bits per heavy atom. The van der Waals surface area contributed by atoms with Crippen molar-refractivity contribution in [3.05, 3.63) is 29.8 Å². The first kappa shape index (κ1) is 20.0. The molecule has 1 aromatic heterocycles. The van der Waals surface area contributed by atoms with E-state index in [1.807, 2.05) is 13.8 Å². The van der Waals surface area contributed by atoms with Gasteiger partial charge in [0, 0.05) is 0 Å². The summed E-state index contributed by atoms with van der Waals surface area (Å²) in [6.07, 6.45) is -0.172. The lowest BCUT2D eigenvalue weighted by Crippen LogP contribution is -2.31. The second kappa shape index (κ2) is 9.39. The zero-order valence-electron chi connectivity index (χ0n) is 14.3. The number of nitrogens with two attached hydrogens (primary N) is 1. The van der Waals surface area contributed by atoms with Gasteiger partial charge in [-0.2, -0.15) is 0 Å². The van der Waals surface area contributed by atoms with Crippen LogP contribution in [0.5, 0.6) is 5.75 Å². The van der Waals surface area contributed by atoms with Crippen LogP contribution in [0.4, 0.5) is 5.13 Å². The highest BCUT2D eigenvalue weighted by Crippen LogP contribution is 2.24. The summed E-state index contributed by atoms with van der Waals surface area (Å²) in [5.41, 5.74) is 6.19. The smallest absolute Gasteiger partial charge is 0.305 e. The summed E-state index contributed by atoms with van der Waals surface area (Å²) in [7, 11) is 0. The number of carboxylic acid groups (broad SMARTS) is 1. The number of nitrogens with one attached hydrogen (secondary N) is 1. The molecule has 26 heavy (non-hydrogen) atoms. The van der Waals surface area contributed by atoms with Gasteiger partial charge in [0.05, 0.1) is 24.3 Å². The molecule has 2 rings (SSSR count). The Kier molecular flexibility index (Phi) is 7.22. The van der Waals surface area contributed by atoms with Crippen LogP contribution < -0.4 is 15.8 Å². The maximum atomic E-state index is 12.2. The van der Waals surface area contributed by atoms with Crippen molar-refractivity contribution in [2.24, 2.45) is 0 Å². The summed E-state index contributed by atoms with van der Waals surface area (Å²) in [4.78, 5) is 23.3. The van der Waals surface area contributed by atoms with E-state index in [0.717, 1.165) is 0 Å². The molecule has 0 aliphatic heterocycles. The molecule has 0 bridgehead atoms. The molecule has 0 saturated carbocycles. The third-order valence-electron chi connectivity index (χ3n) is 3.12. The van der Waals surface area contributed by atoms with Crippen molar-refractivity contribution in [3.8, 4) is 5.75 Å². The number of ether oxygens (including phenoxy) is 1. The number of carbonyl (C=O) groups is 2. The van der Waals surface area contributed by atoms with Crippen LogP contribution in [0, 0.1) is 0 Å². The van der Waals surface area contributed by atoms with Gasteiger partial charge in [-0.05, 0) is 31.5 Å². The molecular formula is C16H20N4O4S2. The standard InChI is InChI=1S/C16H20N4O4S2/c1-9(2)24-11-5-3-10(4-6-11)12(7-14(22)23)18-13(21)8-25-16-20-19-15(17)26-16/h3-6,9,12H,7-8H2,1-2H3,(H2,17,19)(H,18,21)(H,22,23)/t12-/m0/s1. The van der Waals surface area contributed by atoms with Gasteiger partial charge in [0.15, 0.2) is 4.34 Å². The molecule has 1 amide bonds. The summed E-state index contributed by atoms with van der Waals surface area (Å²) in [5.74, 6) is -0.507. The molecule has 0 unspecified atom stereocenters. The normalized spacial score (nSPS) is 12.0.